The van der Waals surface area contributed by atoms with Crippen molar-refractivity contribution in [2.45, 2.75) is 0 Å². The zero-order valence-corrected chi connectivity index (χ0v) is 7.44. The van der Waals surface area contributed by atoms with Crippen LogP contribution in [0.3, 0.4) is 0 Å². The molecule has 1 aromatic heterocycles. The fourth-order valence-corrected chi connectivity index (χ4v) is 1.28. The molecule has 0 bridgehead atoms. The molecule has 0 saturated carbocycles. The molecule has 13 heavy (non-hydrogen) atoms. The van der Waals surface area contributed by atoms with E-state index in [1.165, 1.54) is 0 Å². The highest BCUT2D eigenvalue weighted by atomic mass is 16.5. The van der Waals surface area contributed by atoms with Crippen LogP contribution < -0.4 is 5.43 Å². The molecule has 0 aliphatic carbocycles. The van der Waals surface area contributed by atoms with Crippen LogP contribution in [0.15, 0.2) is 24.5 Å². The van der Waals surface area contributed by atoms with Crippen LogP contribution in [0.25, 0.3) is 0 Å². The highest BCUT2D eigenvalue weighted by Gasteiger charge is 2.08. The van der Waals surface area contributed by atoms with E-state index in [2.05, 4.69) is 15.4 Å². The first-order valence-electron chi connectivity index (χ1n) is 4.44. The van der Waals surface area contributed by atoms with Gasteiger partial charge >= 0.3 is 0 Å². The summed E-state index contributed by atoms with van der Waals surface area (Å²) >= 11 is 0. The van der Waals surface area contributed by atoms with Crippen molar-refractivity contribution in [2.24, 2.45) is 0 Å². The molecule has 1 aliphatic heterocycles. The Balaban J connectivity index is 1.90. The molecule has 4 heteroatoms. The van der Waals surface area contributed by atoms with Gasteiger partial charge in [0.2, 0.25) is 0 Å². The molecule has 1 fully saturated rings. The highest BCUT2D eigenvalue weighted by molar-refractivity contribution is 5.39. The lowest BCUT2D eigenvalue weighted by molar-refractivity contribution is 0.0497. The predicted molar refractivity (Wildman–Crippen MR) is 50.3 cm³/mol. The first kappa shape index (κ1) is 8.47. The van der Waals surface area contributed by atoms with Crippen LogP contribution >= 0.6 is 0 Å². The van der Waals surface area contributed by atoms with Gasteiger partial charge in [-0.15, -0.1) is 0 Å². The Labute approximate surface area is 77.5 Å². The third-order valence-corrected chi connectivity index (χ3v) is 1.98. The average molecular weight is 179 g/mol. The van der Waals surface area contributed by atoms with E-state index in [1.807, 2.05) is 12.1 Å². The topological polar surface area (TPSA) is 37.4 Å². The van der Waals surface area contributed by atoms with Crippen molar-refractivity contribution in [3.8, 4) is 0 Å². The van der Waals surface area contributed by atoms with Crippen molar-refractivity contribution in [3.05, 3.63) is 24.5 Å². The molecule has 0 atom stereocenters. The van der Waals surface area contributed by atoms with E-state index >= 15 is 0 Å². The number of ether oxygens (including phenoxy) is 1. The van der Waals surface area contributed by atoms with Crippen LogP contribution in [0.5, 0.6) is 0 Å². The van der Waals surface area contributed by atoms with Crippen LogP contribution in [-0.4, -0.2) is 36.3 Å². The molecule has 70 valence electrons. The predicted octanol–water partition coefficient (Wildman–Crippen LogP) is 0.741. The number of rotatable bonds is 2. The number of hydrogen-bond donors (Lipinski definition) is 1. The quantitative estimate of drug-likeness (QED) is 0.726. The average Bonchev–Trinajstić information content (AvgIpc) is 2.21. The van der Waals surface area contributed by atoms with Crippen molar-refractivity contribution in [3.63, 3.8) is 0 Å². The second kappa shape index (κ2) is 4.20. The van der Waals surface area contributed by atoms with E-state index in [1.54, 1.807) is 12.4 Å². The Morgan fingerprint density at radius 3 is 2.62 bits per heavy atom. The molecule has 1 aromatic rings. The van der Waals surface area contributed by atoms with Gasteiger partial charge in [0.1, 0.15) is 0 Å². The van der Waals surface area contributed by atoms with E-state index in [9.17, 15) is 0 Å². The summed E-state index contributed by atoms with van der Waals surface area (Å²) in [6.45, 7) is 3.47. The number of morpholine rings is 1. The van der Waals surface area contributed by atoms with Gasteiger partial charge in [-0.25, -0.2) is 5.01 Å². The van der Waals surface area contributed by atoms with E-state index in [-0.39, 0.29) is 0 Å². The Morgan fingerprint density at radius 1 is 1.23 bits per heavy atom. The fourth-order valence-electron chi connectivity index (χ4n) is 1.28. The number of pyridine rings is 1. The second-order valence-corrected chi connectivity index (χ2v) is 2.95. The maximum absolute atomic E-state index is 5.24. The van der Waals surface area contributed by atoms with Crippen LogP contribution in [0.1, 0.15) is 0 Å². The summed E-state index contributed by atoms with van der Waals surface area (Å²) in [5.41, 5.74) is 4.37. The Bertz CT molecular complexity index is 246. The Kier molecular flexibility index (Phi) is 2.74. The molecule has 1 saturated heterocycles. The first-order chi connectivity index (χ1) is 6.45. The van der Waals surface area contributed by atoms with Crippen LogP contribution in [0.4, 0.5) is 5.69 Å². The van der Waals surface area contributed by atoms with Gasteiger partial charge in [0.15, 0.2) is 0 Å². The minimum atomic E-state index is 0.804. The van der Waals surface area contributed by atoms with Crippen LogP contribution in [0, 0.1) is 0 Å². The lowest BCUT2D eigenvalue weighted by Gasteiger charge is -2.27. The lowest BCUT2D eigenvalue weighted by Crippen LogP contribution is -2.40. The summed E-state index contributed by atoms with van der Waals surface area (Å²) in [6.07, 6.45) is 3.56. The molecule has 1 N–H and O–H groups in total. The minimum absolute atomic E-state index is 0.804. The molecular weight excluding hydrogens is 166 g/mol. The molecule has 0 unspecified atom stereocenters. The van der Waals surface area contributed by atoms with E-state index in [0.717, 1.165) is 32.0 Å². The molecule has 2 rings (SSSR count). The van der Waals surface area contributed by atoms with Gasteiger partial charge in [0.05, 0.1) is 18.9 Å². The van der Waals surface area contributed by atoms with Gasteiger partial charge in [-0.2, -0.15) is 0 Å². The summed E-state index contributed by atoms with van der Waals surface area (Å²) in [4.78, 5) is 3.96. The largest absolute Gasteiger partial charge is 0.379 e. The van der Waals surface area contributed by atoms with Gasteiger partial charge in [-0.3, -0.25) is 4.98 Å². The molecule has 0 amide bonds. The number of nitrogens with zero attached hydrogens (tertiary/aromatic N) is 2. The smallest absolute Gasteiger partial charge is 0.0612 e. The Hall–Kier alpha value is -1.13. The van der Waals surface area contributed by atoms with Crippen LogP contribution in [0.2, 0.25) is 0 Å². The summed E-state index contributed by atoms with van der Waals surface area (Å²) in [6, 6.07) is 3.91. The molecule has 0 spiro atoms. The maximum Gasteiger partial charge on any atom is 0.0612 e. The maximum atomic E-state index is 5.24. The highest BCUT2D eigenvalue weighted by Crippen LogP contribution is 2.06. The van der Waals surface area contributed by atoms with Gasteiger partial charge in [0.25, 0.3) is 0 Å². The second-order valence-electron chi connectivity index (χ2n) is 2.95. The summed E-state index contributed by atoms with van der Waals surface area (Å²) in [5, 5.41) is 2.15. The molecule has 2 heterocycles. The molecule has 4 nitrogen and oxygen atoms in total. The zero-order chi connectivity index (χ0) is 8.93. The van der Waals surface area contributed by atoms with E-state index in [4.69, 9.17) is 4.74 Å². The number of aromatic nitrogens is 1. The van der Waals surface area contributed by atoms with Crippen LogP contribution in [-0.2, 0) is 4.74 Å². The van der Waals surface area contributed by atoms with E-state index < -0.39 is 0 Å². The number of hydrogen-bond acceptors (Lipinski definition) is 4. The van der Waals surface area contributed by atoms with E-state index in [0.29, 0.717) is 0 Å². The third-order valence-electron chi connectivity index (χ3n) is 1.98. The van der Waals surface area contributed by atoms with Gasteiger partial charge in [-0.1, -0.05) is 0 Å². The van der Waals surface area contributed by atoms with Gasteiger partial charge in [0, 0.05) is 25.5 Å². The number of nitrogens with one attached hydrogen (secondary N) is 1. The Morgan fingerprint density at radius 2 is 1.92 bits per heavy atom. The van der Waals surface area contributed by atoms with Crippen molar-refractivity contribution in [2.75, 3.05) is 31.7 Å². The summed E-state index contributed by atoms with van der Waals surface area (Å²) < 4.78 is 5.24. The lowest BCUT2D eigenvalue weighted by atomic mass is 10.4. The molecule has 0 radical (unpaired) electrons. The summed E-state index contributed by atoms with van der Waals surface area (Å²) in [5.74, 6) is 0. The van der Waals surface area contributed by atoms with Crippen molar-refractivity contribution in [1.29, 1.82) is 0 Å². The first-order valence-corrected chi connectivity index (χ1v) is 4.44. The standard InChI is InChI=1S/C9H13N3O/c1-3-10-4-2-9(1)11-12-5-7-13-8-6-12/h1-4H,5-8H2,(H,10,11). The van der Waals surface area contributed by atoms with Crippen molar-refractivity contribution in [1.82, 2.24) is 9.99 Å². The minimum Gasteiger partial charge on any atom is -0.379 e. The fraction of sp³-hybridized carbons (Fsp3) is 0.444. The zero-order valence-electron chi connectivity index (χ0n) is 7.44. The summed E-state index contributed by atoms with van der Waals surface area (Å²) in [7, 11) is 0. The molecular formula is C9H13N3O. The SMILES string of the molecule is c1cc(NN2CCOCC2)ccn1. The van der Waals surface area contributed by atoms with Crippen molar-refractivity contribution < 1.29 is 4.74 Å². The third kappa shape index (κ3) is 2.40. The number of anilines is 1. The van der Waals surface area contributed by atoms with Gasteiger partial charge < -0.3 is 10.2 Å². The van der Waals surface area contributed by atoms with Gasteiger partial charge in [-0.05, 0) is 12.1 Å². The molecule has 0 aromatic carbocycles. The molecule has 1 aliphatic rings. The van der Waals surface area contributed by atoms with Crippen molar-refractivity contribution >= 4 is 5.69 Å². The normalized spacial score (nSPS) is 18.5. The monoisotopic (exact) mass is 179 g/mol. The number of hydrazine groups is 1.